The van der Waals surface area contributed by atoms with Crippen LogP contribution in [0.2, 0.25) is 0 Å². The molecule has 0 saturated carbocycles. The van der Waals surface area contributed by atoms with Crippen LogP contribution in [0, 0.1) is 0 Å². The van der Waals surface area contributed by atoms with E-state index in [1.807, 2.05) is 18.2 Å². The van der Waals surface area contributed by atoms with Crippen LogP contribution in [-0.2, 0) is 13.1 Å². The lowest BCUT2D eigenvalue weighted by molar-refractivity contribution is 0.0949. The minimum Gasteiger partial charge on any atom is -0.467 e. The molecule has 0 saturated heterocycles. The van der Waals surface area contributed by atoms with Crippen molar-refractivity contribution in [3.8, 4) is 0 Å². The molecule has 0 aliphatic rings. The molecule has 2 aromatic rings. The first kappa shape index (κ1) is 14.3. The standard InChI is InChI=1S/C15H19N3O2/c1-2-18(10-12-6-4-3-5-7-12)11-14-13(8-9-20-14)15(19)17-16/h3-9H,2,10-11,16H2,1H3,(H,17,19). The van der Waals surface area contributed by atoms with Crippen molar-refractivity contribution in [2.45, 2.75) is 20.0 Å². The maximum atomic E-state index is 11.6. The monoisotopic (exact) mass is 273 g/mol. The molecular formula is C15H19N3O2. The van der Waals surface area contributed by atoms with Crippen LogP contribution >= 0.6 is 0 Å². The van der Waals surface area contributed by atoms with Crippen molar-refractivity contribution in [1.82, 2.24) is 10.3 Å². The maximum absolute atomic E-state index is 11.6. The number of nitrogens with two attached hydrogens (primary N) is 1. The Kier molecular flexibility index (Phi) is 4.92. The van der Waals surface area contributed by atoms with Gasteiger partial charge in [0.25, 0.3) is 5.91 Å². The molecule has 5 nitrogen and oxygen atoms in total. The van der Waals surface area contributed by atoms with Crippen molar-refractivity contribution in [2.24, 2.45) is 5.84 Å². The van der Waals surface area contributed by atoms with Crippen LogP contribution in [0.25, 0.3) is 0 Å². The number of amides is 1. The number of furan rings is 1. The summed E-state index contributed by atoms with van der Waals surface area (Å²) in [5.74, 6) is 5.47. The van der Waals surface area contributed by atoms with Gasteiger partial charge in [0.15, 0.2) is 0 Å². The predicted molar refractivity (Wildman–Crippen MR) is 76.6 cm³/mol. The van der Waals surface area contributed by atoms with E-state index in [2.05, 4.69) is 29.4 Å². The Morgan fingerprint density at radius 3 is 2.65 bits per heavy atom. The maximum Gasteiger partial charge on any atom is 0.268 e. The summed E-state index contributed by atoms with van der Waals surface area (Å²) in [6.07, 6.45) is 1.51. The van der Waals surface area contributed by atoms with Gasteiger partial charge in [0.05, 0.1) is 18.4 Å². The second kappa shape index (κ2) is 6.88. The minimum atomic E-state index is -0.329. The van der Waals surface area contributed by atoms with E-state index in [4.69, 9.17) is 10.3 Å². The van der Waals surface area contributed by atoms with E-state index >= 15 is 0 Å². The fourth-order valence-electron chi connectivity index (χ4n) is 2.07. The minimum absolute atomic E-state index is 0.329. The molecule has 0 fully saturated rings. The molecule has 2 rings (SSSR count). The second-order valence-electron chi connectivity index (χ2n) is 4.52. The summed E-state index contributed by atoms with van der Waals surface area (Å²) in [6.45, 7) is 4.32. The third-order valence-electron chi connectivity index (χ3n) is 3.18. The van der Waals surface area contributed by atoms with Crippen molar-refractivity contribution >= 4 is 5.91 Å². The number of hydrogen-bond acceptors (Lipinski definition) is 4. The third-order valence-corrected chi connectivity index (χ3v) is 3.18. The molecule has 0 bridgehead atoms. The molecule has 0 aliphatic heterocycles. The second-order valence-corrected chi connectivity index (χ2v) is 4.52. The average molecular weight is 273 g/mol. The normalized spacial score (nSPS) is 10.8. The Balaban J connectivity index is 2.07. The SMILES string of the molecule is CCN(Cc1ccccc1)Cc1occc1C(=O)NN. The number of nitrogens with zero attached hydrogens (tertiary/aromatic N) is 1. The molecule has 5 heteroatoms. The van der Waals surface area contributed by atoms with E-state index < -0.39 is 0 Å². The molecule has 0 aliphatic carbocycles. The number of carbonyl (C=O) groups excluding carboxylic acids is 1. The molecule has 0 spiro atoms. The Bertz CT molecular complexity index is 551. The van der Waals surface area contributed by atoms with Crippen LogP contribution in [0.4, 0.5) is 0 Å². The molecule has 20 heavy (non-hydrogen) atoms. The zero-order chi connectivity index (χ0) is 14.4. The first-order chi connectivity index (χ1) is 9.74. The summed E-state index contributed by atoms with van der Waals surface area (Å²) in [7, 11) is 0. The van der Waals surface area contributed by atoms with Gasteiger partial charge in [0.2, 0.25) is 0 Å². The van der Waals surface area contributed by atoms with Gasteiger partial charge in [-0.1, -0.05) is 37.3 Å². The Labute approximate surface area is 118 Å². The van der Waals surface area contributed by atoms with Gasteiger partial charge in [-0.3, -0.25) is 15.1 Å². The van der Waals surface area contributed by atoms with Gasteiger partial charge in [-0.2, -0.15) is 0 Å². The molecule has 1 heterocycles. The van der Waals surface area contributed by atoms with Crippen LogP contribution < -0.4 is 11.3 Å². The van der Waals surface area contributed by atoms with Crippen LogP contribution in [0.15, 0.2) is 47.1 Å². The molecule has 1 amide bonds. The first-order valence-electron chi connectivity index (χ1n) is 6.58. The number of nitrogen functional groups attached to an aromatic ring is 1. The van der Waals surface area contributed by atoms with Crippen LogP contribution in [0.3, 0.4) is 0 Å². The van der Waals surface area contributed by atoms with Gasteiger partial charge in [-0.15, -0.1) is 0 Å². The van der Waals surface area contributed by atoms with E-state index in [-0.39, 0.29) is 5.91 Å². The lowest BCUT2D eigenvalue weighted by Gasteiger charge is -2.19. The number of benzene rings is 1. The molecule has 106 valence electrons. The van der Waals surface area contributed by atoms with Crippen LogP contribution in [0.1, 0.15) is 28.6 Å². The van der Waals surface area contributed by atoms with Gasteiger partial charge in [-0.25, -0.2) is 5.84 Å². The summed E-state index contributed by atoms with van der Waals surface area (Å²) in [5.41, 5.74) is 3.84. The van der Waals surface area contributed by atoms with E-state index in [1.54, 1.807) is 6.07 Å². The van der Waals surface area contributed by atoms with Crippen molar-refractivity contribution in [3.63, 3.8) is 0 Å². The van der Waals surface area contributed by atoms with Crippen molar-refractivity contribution in [1.29, 1.82) is 0 Å². The van der Waals surface area contributed by atoms with Gasteiger partial charge >= 0.3 is 0 Å². The van der Waals surface area contributed by atoms with Crippen LogP contribution in [-0.4, -0.2) is 17.4 Å². The molecule has 1 aromatic heterocycles. The topological polar surface area (TPSA) is 71.5 Å². The number of carbonyl (C=O) groups is 1. The fraction of sp³-hybridized carbons (Fsp3) is 0.267. The average Bonchev–Trinajstić information content (AvgIpc) is 2.95. The van der Waals surface area contributed by atoms with E-state index in [9.17, 15) is 4.79 Å². The highest BCUT2D eigenvalue weighted by Gasteiger charge is 2.16. The Hall–Kier alpha value is -2.11. The Morgan fingerprint density at radius 2 is 2.00 bits per heavy atom. The fourth-order valence-corrected chi connectivity index (χ4v) is 2.07. The van der Waals surface area contributed by atoms with Gasteiger partial charge in [0, 0.05) is 6.54 Å². The quantitative estimate of drug-likeness (QED) is 0.479. The van der Waals surface area contributed by atoms with Crippen LogP contribution in [0.5, 0.6) is 0 Å². The number of nitrogens with one attached hydrogen (secondary N) is 1. The van der Waals surface area contributed by atoms with E-state index in [1.165, 1.54) is 11.8 Å². The molecule has 3 N–H and O–H groups in total. The number of hydrazine groups is 1. The predicted octanol–water partition coefficient (Wildman–Crippen LogP) is 1.91. The zero-order valence-corrected chi connectivity index (χ0v) is 11.5. The van der Waals surface area contributed by atoms with Crippen molar-refractivity contribution in [2.75, 3.05) is 6.54 Å². The Morgan fingerprint density at radius 1 is 1.25 bits per heavy atom. The van der Waals surface area contributed by atoms with Gasteiger partial charge < -0.3 is 4.42 Å². The van der Waals surface area contributed by atoms with Gasteiger partial charge in [0.1, 0.15) is 5.76 Å². The summed E-state index contributed by atoms with van der Waals surface area (Å²) in [6, 6.07) is 11.8. The number of rotatable bonds is 6. The highest BCUT2D eigenvalue weighted by atomic mass is 16.3. The molecular weight excluding hydrogens is 254 g/mol. The van der Waals surface area contributed by atoms with Crippen molar-refractivity contribution in [3.05, 3.63) is 59.5 Å². The zero-order valence-electron chi connectivity index (χ0n) is 11.5. The summed E-state index contributed by atoms with van der Waals surface area (Å²) < 4.78 is 5.40. The van der Waals surface area contributed by atoms with E-state index in [0.29, 0.717) is 17.9 Å². The molecule has 0 radical (unpaired) electrons. The lowest BCUT2D eigenvalue weighted by atomic mass is 10.2. The smallest absolute Gasteiger partial charge is 0.268 e. The van der Waals surface area contributed by atoms with Crippen molar-refractivity contribution < 1.29 is 9.21 Å². The third kappa shape index (κ3) is 3.46. The summed E-state index contributed by atoms with van der Waals surface area (Å²) >= 11 is 0. The number of hydrogen-bond donors (Lipinski definition) is 2. The lowest BCUT2D eigenvalue weighted by Crippen LogP contribution is -2.31. The summed E-state index contributed by atoms with van der Waals surface area (Å²) in [5, 5.41) is 0. The van der Waals surface area contributed by atoms with E-state index in [0.717, 1.165) is 13.1 Å². The first-order valence-corrected chi connectivity index (χ1v) is 6.58. The highest BCUT2D eigenvalue weighted by molar-refractivity contribution is 5.94. The highest BCUT2D eigenvalue weighted by Crippen LogP contribution is 2.15. The molecule has 1 aromatic carbocycles. The molecule has 0 unspecified atom stereocenters. The largest absolute Gasteiger partial charge is 0.467 e. The summed E-state index contributed by atoms with van der Waals surface area (Å²) in [4.78, 5) is 13.8. The molecule has 0 atom stereocenters. The van der Waals surface area contributed by atoms with Gasteiger partial charge in [-0.05, 0) is 18.2 Å².